The van der Waals surface area contributed by atoms with Gasteiger partial charge in [-0.2, -0.15) is 0 Å². The molecule has 116 valence electrons. The Labute approximate surface area is 125 Å². The third kappa shape index (κ3) is 3.27. The first-order valence-electron chi connectivity index (χ1n) is 8.38. The van der Waals surface area contributed by atoms with E-state index in [0.29, 0.717) is 23.8 Å². The van der Waals surface area contributed by atoms with Crippen molar-refractivity contribution in [3.05, 3.63) is 21.6 Å². The van der Waals surface area contributed by atoms with Crippen LogP contribution in [0, 0.1) is 16.0 Å². The monoisotopic (exact) mass is 292 g/mol. The number of nitrogens with zero attached hydrogens (tertiary/aromatic N) is 2. The largest absolute Gasteiger partial charge is 0.353 e. The summed E-state index contributed by atoms with van der Waals surface area (Å²) in [6.45, 7) is 0. The second kappa shape index (κ2) is 6.58. The van der Waals surface area contributed by atoms with Gasteiger partial charge in [-0.15, -0.1) is 0 Å². The fraction of sp³-hybridized carbons (Fsp3) is 0.812. The van der Waals surface area contributed by atoms with E-state index >= 15 is 0 Å². The van der Waals surface area contributed by atoms with Crippen LogP contribution in [0.25, 0.3) is 0 Å². The summed E-state index contributed by atoms with van der Waals surface area (Å²) in [5.41, 5.74) is 0.778. The van der Waals surface area contributed by atoms with Crippen molar-refractivity contribution < 1.29 is 9.45 Å². The molecule has 0 amide bonds. The lowest BCUT2D eigenvalue weighted by atomic mass is 9.84. The molecule has 5 heteroatoms. The van der Waals surface area contributed by atoms with Crippen molar-refractivity contribution in [1.29, 1.82) is 0 Å². The predicted molar refractivity (Wildman–Crippen MR) is 79.3 cm³/mol. The molecule has 2 aliphatic carbocycles. The zero-order valence-electron chi connectivity index (χ0n) is 12.6. The van der Waals surface area contributed by atoms with Crippen molar-refractivity contribution in [3.63, 3.8) is 0 Å². The summed E-state index contributed by atoms with van der Waals surface area (Å²) in [6.07, 6.45) is 12.3. The minimum Gasteiger partial charge on any atom is -0.353 e. The van der Waals surface area contributed by atoms with Gasteiger partial charge < -0.3 is 4.52 Å². The van der Waals surface area contributed by atoms with Crippen LogP contribution in [0.2, 0.25) is 0 Å². The first-order chi connectivity index (χ1) is 10.3. The minimum atomic E-state index is -0.265. The Morgan fingerprint density at radius 3 is 2.29 bits per heavy atom. The van der Waals surface area contributed by atoms with Crippen LogP contribution in [0.4, 0.5) is 5.69 Å². The molecule has 5 nitrogen and oxygen atoms in total. The third-order valence-corrected chi connectivity index (χ3v) is 5.13. The predicted octanol–water partition coefficient (Wildman–Crippen LogP) is 4.75. The average Bonchev–Trinajstić information content (AvgIpc) is 2.93. The number of aromatic nitrogens is 1. The van der Waals surface area contributed by atoms with E-state index in [2.05, 4.69) is 5.16 Å². The average molecular weight is 292 g/mol. The maximum atomic E-state index is 11.5. The maximum Gasteiger partial charge on any atom is 0.334 e. The lowest BCUT2D eigenvalue weighted by Gasteiger charge is -2.20. The van der Waals surface area contributed by atoms with Crippen LogP contribution in [0.1, 0.15) is 81.6 Å². The number of nitro groups is 1. The Bertz CT molecular complexity index is 486. The molecule has 0 aromatic carbocycles. The van der Waals surface area contributed by atoms with Gasteiger partial charge in [0.15, 0.2) is 5.69 Å². The van der Waals surface area contributed by atoms with Crippen LogP contribution in [0.3, 0.4) is 0 Å². The number of hydrogen-bond acceptors (Lipinski definition) is 4. The molecule has 3 rings (SSSR count). The molecule has 21 heavy (non-hydrogen) atoms. The van der Waals surface area contributed by atoms with E-state index in [9.17, 15) is 10.1 Å². The summed E-state index contributed by atoms with van der Waals surface area (Å²) in [7, 11) is 0. The van der Waals surface area contributed by atoms with Gasteiger partial charge in [0.25, 0.3) is 0 Å². The van der Waals surface area contributed by atoms with Crippen molar-refractivity contribution >= 4 is 5.69 Å². The summed E-state index contributed by atoms with van der Waals surface area (Å²) in [5, 5.41) is 15.6. The standard InChI is InChI=1S/C16H24N2O3/c19-18(20)15-14(11-12-7-3-1-4-8-12)17-21-16(15)13-9-5-2-6-10-13/h12-13H,1-11H2. The van der Waals surface area contributed by atoms with Crippen molar-refractivity contribution in [3.8, 4) is 0 Å². The summed E-state index contributed by atoms with van der Waals surface area (Å²) >= 11 is 0. The van der Waals surface area contributed by atoms with Crippen molar-refractivity contribution in [1.82, 2.24) is 5.16 Å². The van der Waals surface area contributed by atoms with Gasteiger partial charge >= 0.3 is 5.69 Å². The molecular formula is C16H24N2O3. The van der Waals surface area contributed by atoms with Crippen LogP contribution in [-0.2, 0) is 6.42 Å². The molecule has 2 fully saturated rings. The Morgan fingerprint density at radius 1 is 1.05 bits per heavy atom. The lowest BCUT2D eigenvalue weighted by Crippen LogP contribution is -2.11. The highest BCUT2D eigenvalue weighted by atomic mass is 16.6. The first kappa shape index (κ1) is 14.5. The van der Waals surface area contributed by atoms with E-state index in [0.717, 1.165) is 25.7 Å². The fourth-order valence-corrected chi connectivity index (χ4v) is 3.96. The number of hydrogen-bond donors (Lipinski definition) is 0. The van der Waals surface area contributed by atoms with Crippen molar-refractivity contribution in [2.75, 3.05) is 0 Å². The molecule has 0 spiro atoms. The van der Waals surface area contributed by atoms with E-state index in [1.807, 2.05) is 0 Å². The zero-order valence-corrected chi connectivity index (χ0v) is 12.6. The van der Waals surface area contributed by atoms with E-state index in [1.54, 1.807) is 0 Å². The van der Waals surface area contributed by atoms with Crippen molar-refractivity contribution in [2.45, 2.75) is 76.5 Å². The molecule has 0 aliphatic heterocycles. The molecule has 0 radical (unpaired) electrons. The second-order valence-electron chi connectivity index (χ2n) is 6.64. The summed E-state index contributed by atoms with van der Waals surface area (Å²) in [6, 6.07) is 0. The summed E-state index contributed by atoms with van der Waals surface area (Å²) < 4.78 is 5.45. The van der Waals surface area contributed by atoms with Crippen LogP contribution in [0.15, 0.2) is 4.52 Å². The van der Waals surface area contributed by atoms with Gasteiger partial charge in [-0.25, -0.2) is 0 Å². The molecule has 2 saturated carbocycles. The minimum absolute atomic E-state index is 0.187. The normalized spacial score (nSPS) is 21.5. The Balaban J connectivity index is 1.79. The Kier molecular flexibility index (Phi) is 4.56. The van der Waals surface area contributed by atoms with E-state index in [4.69, 9.17) is 4.52 Å². The highest BCUT2D eigenvalue weighted by molar-refractivity contribution is 5.41. The van der Waals surface area contributed by atoms with Gasteiger partial charge in [0, 0.05) is 12.3 Å². The van der Waals surface area contributed by atoms with Crippen LogP contribution in [-0.4, -0.2) is 10.1 Å². The highest BCUT2D eigenvalue weighted by Crippen LogP contribution is 2.40. The zero-order chi connectivity index (χ0) is 14.7. The van der Waals surface area contributed by atoms with E-state index < -0.39 is 0 Å². The Morgan fingerprint density at radius 2 is 1.67 bits per heavy atom. The molecule has 1 aromatic heterocycles. The summed E-state index contributed by atoms with van der Waals surface area (Å²) in [4.78, 5) is 11.2. The topological polar surface area (TPSA) is 69.2 Å². The molecule has 0 unspecified atom stereocenters. The first-order valence-corrected chi connectivity index (χ1v) is 8.38. The molecule has 0 bridgehead atoms. The van der Waals surface area contributed by atoms with Gasteiger partial charge in [-0.05, 0) is 18.8 Å². The van der Waals surface area contributed by atoms with Gasteiger partial charge in [0.05, 0.1) is 4.92 Å². The lowest BCUT2D eigenvalue weighted by molar-refractivity contribution is -0.387. The third-order valence-electron chi connectivity index (χ3n) is 5.13. The van der Waals surface area contributed by atoms with Gasteiger partial charge in [-0.1, -0.05) is 56.5 Å². The molecule has 0 saturated heterocycles. The SMILES string of the molecule is O=[N+]([O-])c1c(CC2CCCCC2)noc1C1CCCCC1. The fourth-order valence-electron chi connectivity index (χ4n) is 3.96. The highest BCUT2D eigenvalue weighted by Gasteiger charge is 2.34. The molecule has 1 aromatic rings. The van der Waals surface area contributed by atoms with Crippen LogP contribution >= 0.6 is 0 Å². The van der Waals surface area contributed by atoms with Crippen LogP contribution in [0.5, 0.6) is 0 Å². The molecule has 2 aliphatic rings. The van der Waals surface area contributed by atoms with E-state index in [-0.39, 0.29) is 16.5 Å². The molecule has 1 heterocycles. The van der Waals surface area contributed by atoms with Gasteiger partial charge in [0.2, 0.25) is 5.76 Å². The Hall–Kier alpha value is -1.39. The second-order valence-corrected chi connectivity index (χ2v) is 6.64. The van der Waals surface area contributed by atoms with Crippen LogP contribution < -0.4 is 0 Å². The number of rotatable bonds is 4. The molecule has 0 N–H and O–H groups in total. The van der Waals surface area contributed by atoms with Gasteiger partial charge in [0.1, 0.15) is 0 Å². The van der Waals surface area contributed by atoms with Crippen molar-refractivity contribution in [2.24, 2.45) is 5.92 Å². The summed E-state index contributed by atoms with van der Waals surface area (Å²) in [5.74, 6) is 1.29. The molecular weight excluding hydrogens is 268 g/mol. The van der Waals surface area contributed by atoms with E-state index in [1.165, 1.54) is 38.5 Å². The quantitative estimate of drug-likeness (QED) is 0.593. The smallest absolute Gasteiger partial charge is 0.334 e. The maximum absolute atomic E-state index is 11.5. The van der Waals surface area contributed by atoms with Gasteiger partial charge in [-0.3, -0.25) is 10.1 Å². The molecule has 0 atom stereocenters.